The van der Waals surface area contributed by atoms with Gasteiger partial charge in [0.05, 0.1) is 18.5 Å². The fourth-order valence-electron chi connectivity index (χ4n) is 3.86. The highest BCUT2D eigenvalue weighted by Gasteiger charge is 2.33. The van der Waals surface area contributed by atoms with Gasteiger partial charge in [-0.3, -0.25) is 24.6 Å². The quantitative estimate of drug-likeness (QED) is 0.544. The number of halogens is 3. The maximum Gasteiger partial charge on any atom is 0.416 e. The maximum atomic E-state index is 12.7. The summed E-state index contributed by atoms with van der Waals surface area (Å²) in [6.07, 6.45) is -3.37. The van der Waals surface area contributed by atoms with Gasteiger partial charge in [-0.2, -0.15) is 13.2 Å². The van der Waals surface area contributed by atoms with Gasteiger partial charge in [-0.25, -0.2) is 4.79 Å². The second-order valence-electron chi connectivity index (χ2n) is 8.43. The molecule has 192 valence electrons. The predicted octanol–water partition coefficient (Wildman–Crippen LogP) is 1.48. The molecule has 1 aromatic heterocycles. The Morgan fingerprint density at radius 1 is 1.08 bits per heavy atom. The number of hydrogen-bond donors (Lipinski definition) is 2. The number of ether oxygens (including phenoxy) is 1. The van der Waals surface area contributed by atoms with Crippen molar-refractivity contribution in [2.45, 2.75) is 31.8 Å². The number of imide groups is 1. The third-order valence-corrected chi connectivity index (χ3v) is 5.87. The van der Waals surface area contributed by atoms with Crippen molar-refractivity contribution in [3.05, 3.63) is 63.7 Å². The minimum atomic E-state index is -4.43. The summed E-state index contributed by atoms with van der Waals surface area (Å²) in [6.45, 7) is 2.11. The van der Waals surface area contributed by atoms with E-state index < -0.39 is 35.1 Å². The van der Waals surface area contributed by atoms with Gasteiger partial charge in [-0.05, 0) is 17.7 Å². The van der Waals surface area contributed by atoms with E-state index in [9.17, 15) is 32.3 Å². The second kappa shape index (κ2) is 10.4. The van der Waals surface area contributed by atoms with Gasteiger partial charge in [-0.15, -0.1) is 0 Å². The van der Waals surface area contributed by atoms with Crippen molar-refractivity contribution in [1.29, 1.82) is 0 Å². The highest BCUT2D eigenvalue weighted by Crippen LogP contribution is 2.29. The van der Waals surface area contributed by atoms with Crippen LogP contribution >= 0.6 is 0 Å². The van der Waals surface area contributed by atoms with Crippen LogP contribution in [0.2, 0.25) is 0 Å². The van der Waals surface area contributed by atoms with Crippen molar-refractivity contribution in [1.82, 2.24) is 20.4 Å². The summed E-state index contributed by atoms with van der Waals surface area (Å²) in [5, 5.41) is 4.49. The van der Waals surface area contributed by atoms with Crippen molar-refractivity contribution < 1.29 is 36.7 Å². The van der Waals surface area contributed by atoms with Gasteiger partial charge in [0.25, 0.3) is 5.91 Å². The number of nitrogens with one attached hydrogen (secondary N) is 2. The molecule has 0 radical (unpaired) electrons. The van der Waals surface area contributed by atoms with Crippen LogP contribution in [0.15, 0.2) is 45.8 Å². The average Bonchev–Trinajstić information content (AvgIpc) is 3.15. The molecule has 13 heteroatoms. The third-order valence-electron chi connectivity index (χ3n) is 5.87. The summed E-state index contributed by atoms with van der Waals surface area (Å²) >= 11 is 0. The predicted molar refractivity (Wildman–Crippen MR) is 118 cm³/mol. The summed E-state index contributed by atoms with van der Waals surface area (Å²) in [4.78, 5) is 51.2. The van der Waals surface area contributed by atoms with Crippen LogP contribution < -0.4 is 20.8 Å². The molecular formula is C23H23F3N4O6. The van der Waals surface area contributed by atoms with E-state index in [0.29, 0.717) is 44.0 Å². The molecule has 0 saturated carbocycles. The zero-order valence-corrected chi connectivity index (χ0v) is 19.0. The molecule has 1 aromatic carbocycles. The van der Waals surface area contributed by atoms with Gasteiger partial charge in [0, 0.05) is 32.2 Å². The molecule has 3 heterocycles. The van der Waals surface area contributed by atoms with Crippen molar-refractivity contribution in [2.24, 2.45) is 0 Å². The summed E-state index contributed by atoms with van der Waals surface area (Å²) in [7, 11) is 0. The number of hydrogen-bond acceptors (Lipinski definition) is 7. The van der Waals surface area contributed by atoms with Crippen LogP contribution in [-0.4, -0.2) is 59.9 Å². The molecule has 1 unspecified atom stereocenters. The Morgan fingerprint density at radius 3 is 2.36 bits per heavy atom. The van der Waals surface area contributed by atoms with Crippen LogP contribution in [0.5, 0.6) is 5.75 Å². The second-order valence-corrected chi connectivity index (χ2v) is 8.43. The van der Waals surface area contributed by atoms with Crippen LogP contribution in [0.25, 0.3) is 0 Å². The van der Waals surface area contributed by atoms with Gasteiger partial charge in [0.2, 0.25) is 17.1 Å². The Bertz CT molecular complexity index is 1190. The van der Waals surface area contributed by atoms with Crippen LogP contribution in [0.3, 0.4) is 0 Å². The van der Waals surface area contributed by atoms with E-state index in [1.165, 1.54) is 24.5 Å². The summed E-state index contributed by atoms with van der Waals surface area (Å²) in [6, 6.07) is 4.27. The van der Waals surface area contributed by atoms with Crippen molar-refractivity contribution in [3.63, 3.8) is 0 Å². The average molecular weight is 508 g/mol. The van der Waals surface area contributed by atoms with Gasteiger partial charge >= 0.3 is 12.2 Å². The van der Waals surface area contributed by atoms with E-state index in [1.807, 2.05) is 4.90 Å². The molecular weight excluding hydrogens is 485 g/mol. The van der Waals surface area contributed by atoms with Gasteiger partial charge in [-0.1, -0.05) is 12.1 Å². The molecule has 2 aliphatic rings. The van der Waals surface area contributed by atoms with Crippen LogP contribution in [-0.2, 0) is 28.9 Å². The summed E-state index contributed by atoms with van der Waals surface area (Å²) in [5.41, 5.74) is -0.723. The number of amides is 4. The number of piperazine rings is 1. The Morgan fingerprint density at radius 2 is 1.78 bits per heavy atom. The lowest BCUT2D eigenvalue weighted by Crippen LogP contribution is -2.49. The molecule has 2 saturated heterocycles. The maximum absolute atomic E-state index is 12.7. The number of carbonyl (C=O) groups is 3. The van der Waals surface area contributed by atoms with Gasteiger partial charge in [0.1, 0.15) is 24.7 Å². The smallest absolute Gasteiger partial charge is 0.416 e. The summed E-state index contributed by atoms with van der Waals surface area (Å²) in [5.74, 6) is -0.420. The van der Waals surface area contributed by atoms with Gasteiger partial charge in [0.15, 0.2) is 0 Å². The fourth-order valence-corrected chi connectivity index (χ4v) is 3.86. The zero-order chi connectivity index (χ0) is 25.9. The highest BCUT2D eigenvalue weighted by atomic mass is 19.4. The Kier molecular flexibility index (Phi) is 7.29. The molecule has 36 heavy (non-hydrogen) atoms. The topological polar surface area (TPSA) is 121 Å². The fraction of sp³-hybridized carbons (Fsp3) is 0.391. The van der Waals surface area contributed by atoms with E-state index in [4.69, 9.17) is 9.15 Å². The molecule has 1 atom stereocenters. The number of benzene rings is 1. The number of carbonyl (C=O) groups excluding carboxylic acids is 3. The lowest BCUT2D eigenvalue weighted by molar-refractivity contribution is -0.137. The van der Waals surface area contributed by atoms with E-state index in [-0.39, 0.29) is 24.7 Å². The van der Waals surface area contributed by atoms with Crippen molar-refractivity contribution in [3.8, 4) is 5.75 Å². The first-order valence-corrected chi connectivity index (χ1v) is 11.1. The third kappa shape index (κ3) is 6.22. The minimum absolute atomic E-state index is 0.0582. The SMILES string of the molecule is O=C1NC(=O)C(CC(=O)N2CCN(Cc3cc(=O)c(OCc4ccc(C(F)(F)F)cc4)co3)CC2)N1. The lowest BCUT2D eigenvalue weighted by Gasteiger charge is -2.34. The molecule has 2 N–H and O–H groups in total. The Labute approximate surface area is 203 Å². The largest absolute Gasteiger partial charge is 0.482 e. The Balaban J connectivity index is 1.24. The first-order valence-electron chi connectivity index (χ1n) is 11.1. The molecule has 10 nitrogen and oxygen atoms in total. The lowest BCUT2D eigenvalue weighted by atomic mass is 10.1. The normalized spacial score (nSPS) is 18.6. The zero-order valence-electron chi connectivity index (χ0n) is 19.0. The standard InChI is InChI=1S/C23H23F3N4O6/c24-23(25,26)15-3-1-14(2-4-15)12-36-19-13-35-16(9-18(19)31)11-29-5-7-30(8-6-29)20(32)10-17-21(33)28-22(34)27-17/h1-4,9,13,17H,5-8,10-12H2,(H2,27,28,33,34). The van der Waals surface area contributed by atoms with Crippen LogP contribution in [0.1, 0.15) is 23.3 Å². The molecule has 0 aliphatic carbocycles. The molecule has 2 fully saturated rings. The monoisotopic (exact) mass is 508 g/mol. The Hall–Kier alpha value is -3.87. The molecule has 4 amide bonds. The number of alkyl halides is 3. The van der Waals surface area contributed by atoms with Crippen molar-refractivity contribution in [2.75, 3.05) is 26.2 Å². The minimum Gasteiger partial charge on any atom is -0.482 e. The highest BCUT2D eigenvalue weighted by molar-refractivity contribution is 6.05. The number of nitrogens with zero attached hydrogens (tertiary/aromatic N) is 2. The first-order chi connectivity index (χ1) is 17.1. The number of rotatable bonds is 7. The molecule has 0 bridgehead atoms. The molecule has 4 rings (SSSR count). The van der Waals surface area contributed by atoms with Crippen molar-refractivity contribution >= 4 is 17.8 Å². The first kappa shape index (κ1) is 25.2. The number of urea groups is 1. The molecule has 2 aliphatic heterocycles. The molecule has 0 spiro atoms. The summed E-state index contributed by atoms with van der Waals surface area (Å²) < 4.78 is 48.9. The molecule has 2 aromatic rings. The van der Waals surface area contributed by atoms with E-state index in [0.717, 1.165) is 12.1 Å². The van der Waals surface area contributed by atoms with Crippen LogP contribution in [0, 0.1) is 0 Å². The van der Waals surface area contributed by atoms with E-state index in [2.05, 4.69) is 10.6 Å². The van der Waals surface area contributed by atoms with Gasteiger partial charge < -0.3 is 19.4 Å². The van der Waals surface area contributed by atoms with E-state index >= 15 is 0 Å². The van der Waals surface area contributed by atoms with E-state index in [1.54, 1.807) is 4.90 Å². The van der Waals surface area contributed by atoms with Crippen LogP contribution in [0.4, 0.5) is 18.0 Å².